The van der Waals surface area contributed by atoms with Crippen molar-refractivity contribution >= 4 is 31.5 Å². The van der Waals surface area contributed by atoms with Crippen molar-refractivity contribution in [3.8, 4) is 5.75 Å². The highest BCUT2D eigenvalue weighted by atomic mass is 32.2. The van der Waals surface area contributed by atoms with Crippen molar-refractivity contribution in [2.45, 2.75) is 22.6 Å². The maximum Gasteiger partial charge on any atom is 0.258 e. The zero-order chi connectivity index (χ0) is 22.3. The largest absolute Gasteiger partial charge is 0.495 e. The number of carbonyl (C=O) groups is 1. The van der Waals surface area contributed by atoms with Crippen molar-refractivity contribution in [3.05, 3.63) is 47.5 Å². The molecule has 3 rings (SSSR count). The summed E-state index contributed by atoms with van der Waals surface area (Å²) in [5.41, 5.74) is 1.61. The lowest BCUT2D eigenvalue weighted by Gasteiger charge is -2.30. The summed E-state index contributed by atoms with van der Waals surface area (Å²) < 4.78 is 55.2. The molecule has 0 aliphatic carbocycles. The first-order valence-corrected chi connectivity index (χ1v) is 12.6. The number of ether oxygens (including phenoxy) is 1. The Morgan fingerprint density at radius 3 is 2.37 bits per heavy atom. The lowest BCUT2D eigenvalue weighted by atomic mass is 10.0. The third-order valence-electron chi connectivity index (χ3n) is 5.01. The monoisotopic (exact) mass is 452 g/mol. The molecule has 0 atom stereocenters. The maximum atomic E-state index is 13.3. The molecular weight excluding hydrogens is 428 g/mol. The van der Waals surface area contributed by atoms with E-state index >= 15 is 0 Å². The smallest absolute Gasteiger partial charge is 0.258 e. The molecule has 0 saturated carbocycles. The molecule has 1 aliphatic rings. The number of carbonyl (C=O) groups excluding carboxylic acids is 1. The highest BCUT2D eigenvalue weighted by molar-refractivity contribution is 7.90. The number of rotatable bonds is 5. The van der Waals surface area contributed by atoms with Gasteiger partial charge in [-0.05, 0) is 54.8 Å². The van der Waals surface area contributed by atoms with Crippen molar-refractivity contribution in [2.24, 2.45) is 0 Å². The second-order valence-electron chi connectivity index (χ2n) is 7.28. The molecule has 8 nitrogen and oxygen atoms in total. The quantitative estimate of drug-likeness (QED) is 0.687. The fourth-order valence-corrected chi connectivity index (χ4v) is 5.13. The van der Waals surface area contributed by atoms with Gasteiger partial charge < -0.3 is 9.64 Å². The van der Waals surface area contributed by atoms with Gasteiger partial charge in [0.25, 0.3) is 5.91 Å². The van der Waals surface area contributed by atoms with Crippen LogP contribution in [0.2, 0.25) is 0 Å². The van der Waals surface area contributed by atoms with Crippen LogP contribution in [-0.2, 0) is 26.3 Å². The van der Waals surface area contributed by atoms with Crippen molar-refractivity contribution in [1.82, 2.24) is 4.31 Å². The molecule has 10 heteroatoms. The average Bonchev–Trinajstić information content (AvgIpc) is 2.71. The average molecular weight is 453 g/mol. The number of sulfonamides is 1. The van der Waals surface area contributed by atoms with E-state index in [1.54, 1.807) is 17.0 Å². The van der Waals surface area contributed by atoms with Crippen LogP contribution in [0.25, 0.3) is 0 Å². The fourth-order valence-electron chi connectivity index (χ4n) is 3.38. The predicted molar refractivity (Wildman–Crippen MR) is 113 cm³/mol. The van der Waals surface area contributed by atoms with Crippen LogP contribution in [0, 0.1) is 0 Å². The van der Waals surface area contributed by atoms with E-state index in [0.717, 1.165) is 16.1 Å². The lowest BCUT2D eigenvalue weighted by molar-refractivity contribution is 0.0985. The second-order valence-corrected chi connectivity index (χ2v) is 11.4. The number of hydrogen-bond donors (Lipinski definition) is 0. The highest BCUT2D eigenvalue weighted by Gasteiger charge is 2.28. The molecule has 0 spiro atoms. The SMILES string of the molecule is COc1ccc(C(=O)N2CCCc3cc(S(C)(=O)=O)ccc32)cc1S(=O)(=O)N(C)C. The van der Waals surface area contributed by atoms with E-state index in [1.807, 2.05) is 0 Å². The number of hydrogen-bond acceptors (Lipinski definition) is 6. The molecular formula is C20H24N2O6S2. The van der Waals surface area contributed by atoms with Crippen LogP contribution in [0.3, 0.4) is 0 Å². The van der Waals surface area contributed by atoms with Crippen LogP contribution in [0.5, 0.6) is 5.75 Å². The molecule has 162 valence electrons. The van der Waals surface area contributed by atoms with Gasteiger partial charge in [-0.2, -0.15) is 0 Å². The Bertz CT molecular complexity index is 1200. The van der Waals surface area contributed by atoms with Gasteiger partial charge in [-0.3, -0.25) is 4.79 Å². The Morgan fingerprint density at radius 2 is 1.77 bits per heavy atom. The van der Waals surface area contributed by atoms with Crippen molar-refractivity contribution in [1.29, 1.82) is 0 Å². The Balaban J connectivity index is 2.05. The number of benzene rings is 2. The first-order valence-electron chi connectivity index (χ1n) is 9.22. The maximum absolute atomic E-state index is 13.3. The summed E-state index contributed by atoms with van der Waals surface area (Å²) in [4.78, 5) is 14.9. The minimum atomic E-state index is -3.82. The van der Waals surface area contributed by atoms with Crippen LogP contribution in [0.4, 0.5) is 5.69 Å². The molecule has 0 aromatic heterocycles. The van der Waals surface area contributed by atoms with Crippen molar-refractivity contribution in [2.75, 3.05) is 38.9 Å². The van der Waals surface area contributed by atoms with Gasteiger partial charge in [-0.25, -0.2) is 21.1 Å². The lowest BCUT2D eigenvalue weighted by Crippen LogP contribution is -2.35. The molecule has 0 saturated heterocycles. The molecule has 0 fully saturated rings. The van der Waals surface area contributed by atoms with Crippen molar-refractivity contribution in [3.63, 3.8) is 0 Å². The van der Waals surface area contributed by atoms with Gasteiger partial charge in [-0.15, -0.1) is 0 Å². The molecule has 2 aromatic rings. The van der Waals surface area contributed by atoms with E-state index in [4.69, 9.17) is 4.74 Å². The second kappa shape index (κ2) is 8.01. The molecule has 1 amide bonds. The first kappa shape index (κ1) is 22.3. The Labute approximate surface area is 177 Å². The number of aryl methyl sites for hydroxylation is 1. The van der Waals surface area contributed by atoms with E-state index in [1.165, 1.54) is 45.5 Å². The van der Waals surface area contributed by atoms with Gasteiger partial charge in [-0.1, -0.05) is 0 Å². The van der Waals surface area contributed by atoms with E-state index < -0.39 is 19.9 Å². The molecule has 0 N–H and O–H groups in total. The summed E-state index contributed by atoms with van der Waals surface area (Å²) >= 11 is 0. The van der Waals surface area contributed by atoms with Crippen LogP contribution >= 0.6 is 0 Å². The third-order valence-corrected chi connectivity index (χ3v) is 7.96. The Morgan fingerprint density at radius 1 is 1.07 bits per heavy atom. The van der Waals surface area contributed by atoms with Gasteiger partial charge >= 0.3 is 0 Å². The molecule has 0 bridgehead atoms. The van der Waals surface area contributed by atoms with E-state index in [2.05, 4.69) is 0 Å². The molecule has 1 aliphatic heterocycles. The highest BCUT2D eigenvalue weighted by Crippen LogP contribution is 2.32. The third kappa shape index (κ3) is 4.07. The topological polar surface area (TPSA) is 101 Å². The van der Waals surface area contributed by atoms with E-state index in [9.17, 15) is 21.6 Å². The molecule has 1 heterocycles. The van der Waals surface area contributed by atoms with Gasteiger partial charge in [0.1, 0.15) is 10.6 Å². The fraction of sp³-hybridized carbons (Fsp3) is 0.350. The predicted octanol–water partition coefficient (Wildman–Crippen LogP) is 1.94. The summed E-state index contributed by atoms with van der Waals surface area (Å²) in [7, 11) is -2.99. The number of methoxy groups -OCH3 is 1. The van der Waals surface area contributed by atoms with Crippen LogP contribution in [0.15, 0.2) is 46.2 Å². The molecule has 0 unspecified atom stereocenters. The first-order chi connectivity index (χ1) is 14.0. The number of sulfone groups is 1. The standard InChI is InChI=1S/C20H24N2O6S2/c1-21(2)30(26,27)19-13-15(7-10-18(19)28-3)20(23)22-11-5-6-14-12-16(29(4,24)25)8-9-17(14)22/h7-10,12-13H,5-6,11H2,1-4H3. The molecule has 30 heavy (non-hydrogen) atoms. The molecule has 2 aromatic carbocycles. The number of anilines is 1. The van der Waals surface area contributed by atoms with Crippen LogP contribution in [-0.4, -0.2) is 61.1 Å². The van der Waals surface area contributed by atoms with Gasteiger partial charge in [0.15, 0.2) is 9.84 Å². The van der Waals surface area contributed by atoms with Crippen LogP contribution < -0.4 is 9.64 Å². The summed E-state index contributed by atoms with van der Waals surface area (Å²) in [5.74, 6) is -0.210. The van der Waals surface area contributed by atoms with Crippen LogP contribution in [0.1, 0.15) is 22.3 Å². The minimum Gasteiger partial charge on any atom is -0.495 e. The summed E-state index contributed by atoms with van der Waals surface area (Å²) in [6.45, 7) is 0.450. The van der Waals surface area contributed by atoms with Gasteiger partial charge in [0.2, 0.25) is 10.0 Å². The Kier molecular flexibility index (Phi) is 5.94. The summed E-state index contributed by atoms with van der Waals surface area (Å²) in [6.07, 6.45) is 2.47. The number of nitrogens with zero attached hydrogens (tertiary/aromatic N) is 2. The van der Waals surface area contributed by atoms with Crippen molar-refractivity contribution < 1.29 is 26.4 Å². The number of amides is 1. The number of fused-ring (bicyclic) bond motifs is 1. The summed E-state index contributed by atoms with van der Waals surface area (Å²) in [6, 6.07) is 9.01. The molecule has 0 radical (unpaired) electrons. The van der Waals surface area contributed by atoms with E-state index in [-0.39, 0.29) is 27.0 Å². The summed E-state index contributed by atoms with van der Waals surface area (Å²) in [5, 5.41) is 0. The Hall–Kier alpha value is -2.43. The van der Waals surface area contributed by atoms with E-state index in [0.29, 0.717) is 25.1 Å². The normalized spacial score (nSPS) is 14.5. The van der Waals surface area contributed by atoms with Gasteiger partial charge in [0, 0.05) is 38.1 Å². The zero-order valence-corrected chi connectivity index (χ0v) is 18.9. The van der Waals surface area contributed by atoms with Gasteiger partial charge in [0.05, 0.1) is 12.0 Å². The minimum absolute atomic E-state index is 0.0921. The zero-order valence-electron chi connectivity index (χ0n) is 17.2.